The van der Waals surface area contributed by atoms with E-state index in [0.717, 1.165) is 56.5 Å². The molecule has 0 bridgehead atoms. The molecule has 242 valence electrons. The van der Waals surface area contributed by atoms with E-state index in [0.29, 0.717) is 0 Å². The SMILES string of the molecule is CCCCc1ccc2c(c1)C1(c3ccccc3-2)c2cc(-c3nc4ccccc4n3-c3ccccc3)ccc2-c2c1ccc1c2oc2ccccc21. The fourth-order valence-electron chi connectivity index (χ4n) is 9.23. The van der Waals surface area contributed by atoms with E-state index in [1.165, 1.54) is 62.9 Å². The second-order valence-corrected chi connectivity index (χ2v) is 14.1. The number of nitrogens with zero attached hydrogens (tertiary/aromatic N) is 2. The zero-order valence-corrected chi connectivity index (χ0v) is 28.4. The summed E-state index contributed by atoms with van der Waals surface area (Å²) < 4.78 is 9.13. The van der Waals surface area contributed by atoms with E-state index in [2.05, 4.69) is 163 Å². The normalized spacial score (nSPS) is 15.5. The Balaban J connectivity index is 1.27. The van der Waals surface area contributed by atoms with Gasteiger partial charge in [-0.3, -0.25) is 4.57 Å². The van der Waals surface area contributed by atoms with Gasteiger partial charge in [-0.15, -0.1) is 0 Å². The van der Waals surface area contributed by atoms with Gasteiger partial charge in [-0.2, -0.15) is 0 Å². The fraction of sp³-hybridized carbons (Fsp3) is 0.104. The summed E-state index contributed by atoms with van der Waals surface area (Å²) in [4.78, 5) is 5.31. The van der Waals surface area contributed by atoms with Gasteiger partial charge in [0.1, 0.15) is 17.0 Å². The number of hydrogen-bond donors (Lipinski definition) is 0. The molecule has 2 heterocycles. The number of aromatic nitrogens is 2. The Morgan fingerprint density at radius 2 is 1.37 bits per heavy atom. The maximum Gasteiger partial charge on any atom is 0.145 e. The van der Waals surface area contributed by atoms with Crippen LogP contribution in [0.15, 0.2) is 156 Å². The molecule has 7 aromatic carbocycles. The molecule has 2 aliphatic rings. The van der Waals surface area contributed by atoms with Crippen LogP contribution in [0.25, 0.3) is 72.3 Å². The largest absolute Gasteiger partial charge is 0.455 e. The van der Waals surface area contributed by atoms with Crippen LogP contribution in [-0.2, 0) is 11.8 Å². The molecule has 11 rings (SSSR count). The summed E-state index contributed by atoms with van der Waals surface area (Å²) in [6.07, 6.45) is 3.41. The topological polar surface area (TPSA) is 31.0 Å². The predicted octanol–water partition coefficient (Wildman–Crippen LogP) is 12.3. The molecule has 3 nitrogen and oxygen atoms in total. The molecule has 0 saturated carbocycles. The van der Waals surface area contributed by atoms with E-state index in [4.69, 9.17) is 9.40 Å². The summed E-state index contributed by atoms with van der Waals surface area (Å²) >= 11 is 0. The molecule has 1 atom stereocenters. The van der Waals surface area contributed by atoms with Gasteiger partial charge in [0, 0.05) is 27.6 Å². The van der Waals surface area contributed by atoms with Crippen molar-refractivity contribution in [1.82, 2.24) is 9.55 Å². The van der Waals surface area contributed by atoms with Crippen molar-refractivity contribution in [3.05, 3.63) is 179 Å². The highest BCUT2D eigenvalue weighted by molar-refractivity contribution is 6.13. The van der Waals surface area contributed by atoms with E-state index in [-0.39, 0.29) is 0 Å². The van der Waals surface area contributed by atoms with Crippen molar-refractivity contribution in [1.29, 1.82) is 0 Å². The molecule has 2 aromatic heterocycles. The minimum absolute atomic E-state index is 0.508. The fourth-order valence-corrected chi connectivity index (χ4v) is 9.23. The van der Waals surface area contributed by atoms with Crippen LogP contribution < -0.4 is 0 Å². The smallest absolute Gasteiger partial charge is 0.145 e. The average Bonchev–Trinajstić information content (AvgIpc) is 3.92. The quantitative estimate of drug-likeness (QED) is 0.185. The van der Waals surface area contributed by atoms with Crippen molar-refractivity contribution in [2.24, 2.45) is 0 Å². The molecule has 1 unspecified atom stereocenters. The number of aryl methyl sites for hydroxylation is 1. The van der Waals surface area contributed by atoms with Crippen molar-refractivity contribution in [3.63, 3.8) is 0 Å². The van der Waals surface area contributed by atoms with Gasteiger partial charge >= 0.3 is 0 Å². The van der Waals surface area contributed by atoms with Gasteiger partial charge in [-0.25, -0.2) is 4.98 Å². The van der Waals surface area contributed by atoms with E-state index in [1.807, 2.05) is 0 Å². The average molecular weight is 655 g/mol. The lowest BCUT2D eigenvalue weighted by atomic mass is 9.70. The molecule has 3 heteroatoms. The molecular weight excluding hydrogens is 621 g/mol. The van der Waals surface area contributed by atoms with E-state index >= 15 is 0 Å². The maximum atomic E-state index is 6.82. The molecule has 0 N–H and O–H groups in total. The van der Waals surface area contributed by atoms with Crippen LogP contribution in [0.1, 0.15) is 47.6 Å². The van der Waals surface area contributed by atoms with Crippen molar-refractivity contribution in [2.75, 3.05) is 0 Å². The predicted molar refractivity (Wildman–Crippen MR) is 209 cm³/mol. The highest BCUT2D eigenvalue weighted by Crippen LogP contribution is 2.64. The van der Waals surface area contributed by atoms with Crippen LogP contribution in [0.2, 0.25) is 0 Å². The molecule has 2 aliphatic carbocycles. The van der Waals surface area contributed by atoms with Gasteiger partial charge in [0.25, 0.3) is 0 Å². The first-order chi connectivity index (χ1) is 25.3. The van der Waals surface area contributed by atoms with Crippen molar-refractivity contribution in [3.8, 4) is 39.3 Å². The lowest BCUT2D eigenvalue weighted by Gasteiger charge is -2.31. The third-order valence-electron chi connectivity index (χ3n) is 11.4. The summed E-state index contributed by atoms with van der Waals surface area (Å²) in [6, 6.07) is 55.5. The second-order valence-electron chi connectivity index (χ2n) is 14.1. The minimum atomic E-state index is -0.508. The number of furan rings is 1. The first-order valence-electron chi connectivity index (χ1n) is 18.1. The van der Waals surface area contributed by atoms with Gasteiger partial charge < -0.3 is 4.42 Å². The Hall–Kier alpha value is -6.19. The Morgan fingerprint density at radius 1 is 0.608 bits per heavy atom. The number of para-hydroxylation sites is 4. The van der Waals surface area contributed by atoms with Crippen LogP contribution in [0.3, 0.4) is 0 Å². The van der Waals surface area contributed by atoms with Crippen LogP contribution in [0, 0.1) is 0 Å². The summed E-state index contributed by atoms with van der Waals surface area (Å²) in [5, 5.41) is 2.31. The third kappa shape index (κ3) is 3.81. The van der Waals surface area contributed by atoms with E-state index in [1.54, 1.807) is 0 Å². The van der Waals surface area contributed by atoms with Crippen molar-refractivity contribution >= 4 is 33.0 Å². The second kappa shape index (κ2) is 10.7. The molecular formula is C48H34N2O. The van der Waals surface area contributed by atoms with Gasteiger partial charge in [0.2, 0.25) is 0 Å². The Bertz CT molecular complexity index is 2860. The highest BCUT2D eigenvalue weighted by Gasteiger charge is 2.52. The molecule has 9 aromatic rings. The lowest BCUT2D eigenvalue weighted by molar-refractivity contribution is 0.669. The third-order valence-corrected chi connectivity index (χ3v) is 11.4. The van der Waals surface area contributed by atoms with Gasteiger partial charge in [-0.05, 0) is 93.7 Å². The van der Waals surface area contributed by atoms with Crippen LogP contribution >= 0.6 is 0 Å². The Morgan fingerprint density at radius 3 is 2.29 bits per heavy atom. The zero-order chi connectivity index (χ0) is 33.7. The minimum Gasteiger partial charge on any atom is -0.455 e. The zero-order valence-electron chi connectivity index (χ0n) is 28.4. The summed E-state index contributed by atoms with van der Waals surface area (Å²) in [5.41, 5.74) is 17.3. The van der Waals surface area contributed by atoms with Crippen LogP contribution in [0.5, 0.6) is 0 Å². The maximum absolute atomic E-state index is 6.82. The standard InChI is InChI=1S/C48H34N2O/c1-2-3-13-30-22-24-34-33-16-7-9-18-38(33)48(40(34)28-30)39-27-26-36-35-17-8-12-21-44(35)51-46(36)45(39)37-25-23-31(29-41(37)48)47-49-42-19-10-11-20-43(42)50(47)32-14-5-4-6-15-32/h4-12,14-29H,2-3,13H2,1H3. The number of imidazole rings is 1. The molecule has 0 aliphatic heterocycles. The first kappa shape index (κ1) is 28.6. The number of rotatable bonds is 5. The van der Waals surface area contributed by atoms with Gasteiger partial charge in [0.15, 0.2) is 0 Å². The Kier molecular flexibility index (Phi) is 5.98. The molecule has 0 fully saturated rings. The summed E-state index contributed by atoms with van der Waals surface area (Å²) in [5.74, 6) is 0.938. The first-order valence-corrected chi connectivity index (χ1v) is 18.1. The van der Waals surface area contributed by atoms with Crippen LogP contribution in [-0.4, -0.2) is 9.55 Å². The van der Waals surface area contributed by atoms with Crippen molar-refractivity contribution in [2.45, 2.75) is 31.6 Å². The molecule has 51 heavy (non-hydrogen) atoms. The number of fused-ring (bicyclic) bond motifs is 15. The van der Waals surface area contributed by atoms with E-state index < -0.39 is 5.41 Å². The Labute approximate surface area is 296 Å². The number of unbranched alkanes of at least 4 members (excludes halogenated alkanes) is 1. The number of benzene rings is 7. The molecule has 0 saturated heterocycles. The van der Waals surface area contributed by atoms with Crippen LogP contribution in [0.4, 0.5) is 0 Å². The van der Waals surface area contributed by atoms with Gasteiger partial charge in [0.05, 0.1) is 16.4 Å². The summed E-state index contributed by atoms with van der Waals surface area (Å²) in [7, 11) is 0. The molecule has 0 radical (unpaired) electrons. The van der Waals surface area contributed by atoms with Crippen molar-refractivity contribution < 1.29 is 4.42 Å². The highest BCUT2D eigenvalue weighted by atomic mass is 16.3. The lowest BCUT2D eigenvalue weighted by Crippen LogP contribution is -2.26. The molecule has 1 spiro atoms. The van der Waals surface area contributed by atoms with Gasteiger partial charge in [-0.1, -0.05) is 129 Å². The number of hydrogen-bond acceptors (Lipinski definition) is 2. The van der Waals surface area contributed by atoms with E-state index in [9.17, 15) is 0 Å². The summed E-state index contributed by atoms with van der Waals surface area (Å²) in [6.45, 7) is 2.27. The monoisotopic (exact) mass is 654 g/mol. The molecule has 0 amide bonds.